The Morgan fingerprint density at radius 3 is 2.89 bits per heavy atom. The molecule has 6 nitrogen and oxygen atoms in total. The molecule has 2 aliphatic heterocycles. The van der Waals surface area contributed by atoms with Crippen LogP contribution in [0, 0.1) is 0 Å². The van der Waals surface area contributed by atoms with E-state index in [1.165, 1.54) is 6.42 Å². The highest BCUT2D eigenvalue weighted by molar-refractivity contribution is 6.39. The van der Waals surface area contributed by atoms with Crippen LogP contribution in [0.4, 0.5) is 0 Å². The lowest BCUT2D eigenvalue weighted by Gasteiger charge is -2.26. The van der Waals surface area contributed by atoms with Gasteiger partial charge in [0.05, 0.1) is 0 Å². The Kier molecular flexibility index (Phi) is 3.96. The van der Waals surface area contributed by atoms with Crippen LogP contribution in [0.2, 0.25) is 0 Å². The minimum absolute atomic E-state index is 0.0738. The lowest BCUT2D eigenvalue weighted by atomic mass is 10.1. The summed E-state index contributed by atoms with van der Waals surface area (Å²) >= 11 is 0. The van der Waals surface area contributed by atoms with Crippen molar-refractivity contribution in [2.75, 3.05) is 27.2 Å². The maximum Gasteiger partial charge on any atom is 0.269 e. The number of hydrazone groups is 1. The zero-order valence-electron chi connectivity index (χ0n) is 11.0. The topological polar surface area (TPSA) is 65.0 Å². The monoisotopic (exact) mass is 252 g/mol. The van der Waals surface area contributed by atoms with E-state index in [4.69, 9.17) is 0 Å². The van der Waals surface area contributed by atoms with E-state index >= 15 is 0 Å². The summed E-state index contributed by atoms with van der Waals surface area (Å²) < 4.78 is 0. The minimum Gasteiger partial charge on any atom is -0.339 e. The molecule has 1 fully saturated rings. The van der Waals surface area contributed by atoms with Crippen molar-refractivity contribution in [2.24, 2.45) is 5.10 Å². The zero-order chi connectivity index (χ0) is 13.1. The molecule has 1 unspecified atom stereocenters. The second kappa shape index (κ2) is 5.48. The van der Waals surface area contributed by atoms with Gasteiger partial charge in [0, 0.05) is 32.5 Å². The third-order valence-electron chi connectivity index (χ3n) is 3.65. The molecule has 0 radical (unpaired) electrons. The quantitative estimate of drug-likeness (QED) is 0.757. The van der Waals surface area contributed by atoms with Gasteiger partial charge in [-0.05, 0) is 26.4 Å². The van der Waals surface area contributed by atoms with Crippen LogP contribution in [0.5, 0.6) is 0 Å². The lowest BCUT2D eigenvalue weighted by Crippen LogP contribution is -2.43. The van der Waals surface area contributed by atoms with Crippen molar-refractivity contribution < 1.29 is 9.59 Å². The number of carbonyl (C=O) groups excluding carboxylic acids is 2. The molecule has 2 amide bonds. The Balaban J connectivity index is 1.90. The molecule has 0 aromatic heterocycles. The Morgan fingerprint density at radius 2 is 2.33 bits per heavy atom. The SMILES string of the molecule is CN(CC1CCCN1C)C(=O)C1=NNC(=O)CC1. The van der Waals surface area contributed by atoms with E-state index in [0.29, 0.717) is 24.6 Å². The van der Waals surface area contributed by atoms with Crippen LogP contribution in [-0.4, -0.2) is 60.6 Å². The summed E-state index contributed by atoms with van der Waals surface area (Å²) in [6.07, 6.45) is 3.12. The third-order valence-corrected chi connectivity index (χ3v) is 3.65. The van der Waals surface area contributed by atoms with Gasteiger partial charge < -0.3 is 9.80 Å². The standard InChI is InChI=1S/C12H20N4O2/c1-15-7-3-4-9(15)8-16(2)12(18)10-5-6-11(17)14-13-10/h9H,3-8H2,1-2H3,(H,14,17). The number of hydrogen-bond acceptors (Lipinski definition) is 4. The number of carbonyl (C=O) groups is 2. The molecule has 2 rings (SSSR count). The van der Waals surface area contributed by atoms with Gasteiger partial charge in [-0.15, -0.1) is 0 Å². The van der Waals surface area contributed by atoms with Gasteiger partial charge in [-0.1, -0.05) is 0 Å². The molecule has 18 heavy (non-hydrogen) atoms. The Morgan fingerprint density at radius 1 is 1.56 bits per heavy atom. The first-order valence-electron chi connectivity index (χ1n) is 6.39. The van der Waals surface area contributed by atoms with Gasteiger partial charge in [0.1, 0.15) is 5.71 Å². The number of likely N-dealkylation sites (N-methyl/N-ethyl adjacent to an activating group) is 2. The summed E-state index contributed by atoms with van der Waals surface area (Å²) in [4.78, 5) is 27.1. The number of rotatable bonds is 3. The van der Waals surface area contributed by atoms with Crippen molar-refractivity contribution in [2.45, 2.75) is 31.7 Å². The fraction of sp³-hybridized carbons (Fsp3) is 0.750. The molecule has 0 aromatic carbocycles. The van der Waals surface area contributed by atoms with Gasteiger partial charge in [-0.3, -0.25) is 9.59 Å². The van der Waals surface area contributed by atoms with Crippen molar-refractivity contribution in [3.8, 4) is 0 Å². The molecule has 0 aliphatic carbocycles. The van der Waals surface area contributed by atoms with Crippen molar-refractivity contribution in [1.29, 1.82) is 0 Å². The summed E-state index contributed by atoms with van der Waals surface area (Å²) in [5, 5.41) is 3.84. The smallest absolute Gasteiger partial charge is 0.269 e. The van der Waals surface area contributed by atoms with Crippen molar-refractivity contribution >= 4 is 17.5 Å². The second-order valence-corrected chi connectivity index (χ2v) is 5.06. The summed E-state index contributed by atoms with van der Waals surface area (Å²) in [6, 6.07) is 0.442. The van der Waals surface area contributed by atoms with Gasteiger partial charge in [0.25, 0.3) is 5.91 Å². The van der Waals surface area contributed by atoms with Crippen LogP contribution in [0.1, 0.15) is 25.7 Å². The summed E-state index contributed by atoms with van der Waals surface area (Å²) in [5.74, 6) is -0.194. The highest BCUT2D eigenvalue weighted by Crippen LogP contribution is 2.15. The van der Waals surface area contributed by atoms with Crippen LogP contribution in [0.15, 0.2) is 5.10 Å². The predicted octanol–water partition coefficient (Wildman–Crippen LogP) is -0.195. The molecule has 1 N–H and O–H groups in total. The van der Waals surface area contributed by atoms with Gasteiger partial charge in [-0.25, -0.2) is 5.43 Å². The first-order chi connectivity index (χ1) is 8.58. The van der Waals surface area contributed by atoms with Crippen LogP contribution >= 0.6 is 0 Å². The van der Waals surface area contributed by atoms with E-state index in [1.807, 2.05) is 0 Å². The molecule has 2 aliphatic rings. The fourth-order valence-corrected chi connectivity index (χ4v) is 2.46. The summed E-state index contributed by atoms with van der Waals surface area (Å²) in [7, 11) is 3.89. The summed E-state index contributed by atoms with van der Waals surface area (Å²) in [5.41, 5.74) is 2.82. The molecule has 0 bridgehead atoms. The number of nitrogens with one attached hydrogen (secondary N) is 1. The zero-order valence-corrected chi connectivity index (χ0v) is 11.0. The Bertz CT molecular complexity index is 380. The fourth-order valence-electron chi connectivity index (χ4n) is 2.46. The van der Waals surface area contributed by atoms with Gasteiger partial charge >= 0.3 is 0 Å². The maximum atomic E-state index is 12.1. The molecule has 100 valence electrons. The normalized spacial score (nSPS) is 24.7. The molecule has 2 heterocycles. The van der Waals surface area contributed by atoms with E-state index in [9.17, 15) is 9.59 Å². The highest BCUT2D eigenvalue weighted by atomic mass is 16.2. The first-order valence-corrected chi connectivity index (χ1v) is 6.39. The van der Waals surface area contributed by atoms with Crippen LogP contribution in [-0.2, 0) is 9.59 Å². The minimum atomic E-state index is -0.121. The largest absolute Gasteiger partial charge is 0.339 e. The molecule has 1 atom stereocenters. The Labute approximate surface area is 107 Å². The second-order valence-electron chi connectivity index (χ2n) is 5.06. The number of hydrogen-bond donors (Lipinski definition) is 1. The number of nitrogens with zero attached hydrogens (tertiary/aromatic N) is 3. The maximum absolute atomic E-state index is 12.1. The average molecular weight is 252 g/mol. The molecule has 0 aromatic rings. The molecular weight excluding hydrogens is 232 g/mol. The van der Waals surface area contributed by atoms with Crippen LogP contribution < -0.4 is 5.43 Å². The molecule has 1 saturated heterocycles. The third kappa shape index (κ3) is 2.87. The lowest BCUT2D eigenvalue weighted by molar-refractivity contribution is -0.124. The Hall–Kier alpha value is -1.43. The van der Waals surface area contributed by atoms with Gasteiger partial charge in [0.15, 0.2) is 0 Å². The van der Waals surface area contributed by atoms with E-state index in [1.54, 1.807) is 11.9 Å². The predicted molar refractivity (Wildman–Crippen MR) is 68.1 cm³/mol. The van der Waals surface area contributed by atoms with Crippen LogP contribution in [0.25, 0.3) is 0 Å². The first kappa shape index (κ1) is 13.0. The van der Waals surface area contributed by atoms with Crippen molar-refractivity contribution in [3.63, 3.8) is 0 Å². The van der Waals surface area contributed by atoms with Gasteiger partial charge in [-0.2, -0.15) is 5.10 Å². The molecular formula is C12H20N4O2. The van der Waals surface area contributed by atoms with E-state index < -0.39 is 0 Å². The van der Waals surface area contributed by atoms with Gasteiger partial charge in [0.2, 0.25) is 5.91 Å². The van der Waals surface area contributed by atoms with Crippen LogP contribution in [0.3, 0.4) is 0 Å². The number of likely N-dealkylation sites (tertiary alicyclic amines) is 1. The molecule has 6 heteroatoms. The molecule has 0 saturated carbocycles. The average Bonchev–Trinajstić information content (AvgIpc) is 2.75. The molecule has 0 spiro atoms. The van der Waals surface area contributed by atoms with E-state index in [2.05, 4.69) is 22.5 Å². The van der Waals surface area contributed by atoms with E-state index in [-0.39, 0.29) is 11.8 Å². The van der Waals surface area contributed by atoms with E-state index in [0.717, 1.165) is 19.5 Å². The number of amides is 2. The summed E-state index contributed by atoms with van der Waals surface area (Å²) in [6.45, 7) is 1.83. The highest BCUT2D eigenvalue weighted by Gasteiger charge is 2.26. The van der Waals surface area contributed by atoms with Crippen molar-refractivity contribution in [1.82, 2.24) is 15.2 Å². The van der Waals surface area contributed by atoms with Crippen molar-refractivity contribution in [3.05, 3.63) is 0 Å².